The predicted molar refractivity (Wildman–Crippen MR) is 115 cm³/mol. The van der Waals surface area contributed by atoms with E-state index >= 15 is 0 Å². The molecular weight excluding hydrogens is 390 g/mol. The van der Waals surface area contributed by atoms with E-state index in [0.717, 1.165) is 18.5 Å². The molecule has 3 rings (SSSR count). The van der Waals surface area contributed by atoms with Crippen molar-refractivity contribution in [1.29, 1.82) is 0 Å². The van der Waals surface area contributed by atoms with E-state index in [-0.39, 0.29) is 17.6 Å². The normalized spacial score (nSPS) is 14.5. The van der Waals surface area contributed by atoms with Gasteiger partial charge in [-0.3, -0.25) is 14.3 Å². The number of nitrogens with one attached hydrogen (secondary N) is 2. The van der Waals surface area contributed by atoms with Gasteiger partial charge in [-0.05, 0) is 67.8 Å². The second kappa shape index (κ2) is 9.09. The van der Waals surface area contributed by atoms with Gasteiger partial charge in [0.2, 0.25) is 15.9 Å². The van der Waals surface area contributed by atoms with Crippen LogP contribution >= 0.6 is 0 Å². The first-order valence-electron chi connectivity index (χ1n) is 9.70. The molecule has 2 aromatic rings. The summed E-state index contributed by atoms with van der Waals surface area (Å²) in [5, 5.41) is 2.78. The molecule has 0 saturated carbocycles. The van der Waals surface area contributed by atoms with Crippen LogP contribution < -0.4 is 14.9 Å². The number of rotatable bonds is 7. The van der Waals surface area contributed by atoms with Gasteiger partial charge in [-0.25, -0.2) is 8.42 Å². The number of carbonyl (C=O) groups is 2. The topological polar surface area (TPSA) is 95.6 Å². The van der Waals surface area contributed by atoms with E-state index in [2.05, 4.69) is 10.0 Å². The molecule has 2 amide bonds. The molecule has 0 radical (unpaired) electrons. The van der Waals surface area contributed by atoms with Gasteiger partial charge in [-0.15, -0.1) is 0 Å². The van der Waals surface area contributed by atoms with Crippen LogP contribution in [0.25, 0.3) is 0 Å². The average molecular weight is 416 g/mol. The Balaban J connectivity index is 1.62. The highest BCUT2D eigenvalue weighted by Crippen LogP contribution is 2.22. The lowest BCUT2D eigenvalue weighted by molar-refractivity contribution is -0.119. The number of nitrogens with zero attached hydrogens (tertiary/aromatic N) is 1. The van der Waals surface area contributed by atoms with Gasteiger partial charge in [0.05, 0.1) is 5.75 Å². The number of hydrogen-bond donors (Lipinski definition) is 2. The Bertz CT molecular complexity index is 970. The van der Waals surface area contributed by atoms with Crippen LogP contribution in [0.2, 0.25) is 0 Å². The van der Waals surface area contributed by atoms with Crippen molar-refractivity contribution in [3.63, 3.8) is 0 Å². The van der Waals surface area contributed by atoms with Gasteiger partial charge in [-0.2, -0.15) is 0 Å². The highest BCUT2D eigenvalue weighted by molar-refractivity contribution is 7.92. The number of piperidine rings is 1. The van der Waals surface area contributed by atoms with Crippen molar-refractivity contribution in [3.05, 3.63) is 54.1 Å². The fraction of sp³-hybridized carbons (Fsp3) is 0.333. The summed E-state index contributed by atoms with van der Waals surface area (Å²) in [5.41, 5.74) is 2.29. The molecule has 0 aliphatic carbocycles. The van der Waals surface area contributed by atoms with E-state index < -0.39 is 10.0 Å². The Morgan fingerprint density at radius 1 is 1.00 bits per heavy atom. The van der Waals surface area contributed by atoms with Crippen molar-refractivity contribution < 1.29 is 18.0 Å². The smallest absolute Gasteiger partial charge is 0.255 e. The third-order valence-corrected chi connectivity index (χ3v) is 6.15. The van der Waals surface area contributed by atoms with E-state index in [1.165, 1.54) is 0 Å². The van der Waals surface area contributed by atoms with Gasteiger partial charge in [0, 0.05) is 35.6 Å². The maximum absolute atomic E-state index is 12.5. The molecule has 1 fully saturated rings. The van der Waals surface area contributed by atoms with E-state index in [4.69, 9.17) is 0 Å². The van der Waals surface area contributed by atoms with Gasteiger partial charge in [-0.1, -0.05) is 6.92 Å². The summed E-state index contributed by atoms with van der Waals surface area (Å²) in [6.07, 6.45) is 3.01. The van der Waals surface area contributed by atoms with Crippen molar-refractivity contribution in [1.82, 2.24) is 0 Å². The number of carbonyl (C=O) groups excluding carboxylic acids is 2. The molecule has 154 valence electrons. The van der Waals surface area contributed by atoms with Crippen LogP contribution in [-0.4, -0.2) is 32.5 Å². The number of anilines is 3. The summed E-state index contributed by atoms with van der Waals surface area (Å²) in [6.45, 7) is 2.51. The maximum atomic E-state index is 12.5. The lowest BCUT2D eigenvalue weighted by atomic mass is 10.1. The molecule has 8 heteroatoms. The summed E-state index contributed by atoms with van der Waals surface area (Å²) in [6, 6.07) is 13.4. The van der Waals surface area contributed by atoms with Gasteiger partial charge in [0.25, 0.3) is 5.91 Å². The summed E-state index contributed by atoms with van der Waals surface area (Å²) in [4.78, 5) is 26.2. The van der Waals surface area contributed by atoms with E-state index in [1.807, 2.05) is 0 Å². The Hall–Kier alpha value is -2.87. The summed E-state index contributed by atoms with van der Waals surface area (Å²) < 4.78 is 26.1. The van der Waals surface area contributed by atoms with Crippen LogP contribution in [0, 0.1) is 0 Å². The molecule has 0 unspecified atom stereocenters. The summed E-state index contributed by atoms with van der Waals surface area (Å²) >= 11 is 0. The van der Waals surface area contributed by atoms with Crippen LogP contribution in [0.4, 0.5) is 17.1 Å². The average Bonchev–Trinajstić information content (AvgIpc) is 2.70. The first kappa shape index (κ1) is 20.9. The van der Waals surface area contributed by atoms with E-state index in [0.29, 0.717) is 36.3 Å². The molecule has 0 spiro atoms. The van der Waals surface area contributed by atoms with Gasteiger partial charge in [0.1, 0.15) is 0 Å². The summed E-state index contributed by atoms with van der Waals surface area (Å²) in [7, 11) is -3.35. The van der Waals surface area contributed by atoms with Crippen LogP contribution in [0.3, 0.4) is 0 Å². The highest BCUT2D eigenvalue weighted by atomic mass is 32.2. The second-order valence-electron chi connectivity index (χ2n) is 7.00. The maximum Gasteiger partial charge on any atom is 0.255 e. The third kappa shape index (κ3) is 5.57. The van der Waals surface area contributed by atoms with Crippen LogP contribution in [0.5, 0.6) is 0 Å². The second-order valence-corrected chi connectivity index (χ2v) is 8.84. The van der Waals surface area contributed by atoms with Crippen LogP contribution in [0.15, 0.2) is 48.5 Å². The van der Waals surface area contributed by atoms with E-state index in [9.17, 15) is 18.0 Å². The van der Waals surface area contributed by atoms with E-state index in [1.54, 1.807) is 60.4 Å². The molecule has 0 aromatic heterocycles. The van der Waals surface area contributed by atoms with Crippen molar-refractivity contribution in [3.8, 4) is 0 Å². The Morgan fingerprint density at radius 2 is 1.66 bits per heavy atom. The molecule has 29 heavy (non-hydrogen) atoms. The number of amides is 2. The molecule has 1 heterocycles. The minimum Gasteiger partial charge on any atom is -0.322 e. The van der Waals surface area contributed by atoms with Gasteiger partial charge < -0.3 is 10.2 Å². The predicted octanol–water partition coefficient (Wildman–Crippen LogP) is 3.61. The fourth-order valence-electron chi connectivity index (χ4n) is 3.20. The zero-order valence-electron chi connectivity index (χ0n) is 16.3. The van der Waals surface area contributed by atoms with Gasteiger partial charge in [0.15, 0.2) is 0 Å². The van der Waals surface area contributed by atoms with Crippen molar-refractivity contribution in [2.24, 2.45) is 0 Å². The Kier molecular flexibility index (Phi) is 6.53. The standard InChI is InChI=1S/C21H25N3O4S/c1-2-15-29(27,28)23-18-10-8-17(9-11-18)22-21(26)16-6-12-19(13-7-16)24-14-4-3-5-20(24)25/h6-13,23H,2-5,14-15H2,1H3,(H,22,26). The van der Waals surface area contributed by atoms with Crippen LogP contribution in [-0.2, 0) is 14.8 Å². The molecule has 0 atom stereocenters. The van der Waals surface area contributed by atoms with Crippen molar-refractivity contribution >= 4 is 38.9 Å². The SMILES string of the molecule is CCCS(=O)(=O)Nc1ccc(NC(=O)c2ccc(N3CCCCC3=O)cc2)cc1. The van der Waals surface area contributed by atoms with Crippen molar-refractivity contribution in [2.45, 2.75) is 32.6 Å². The Labute approximate surface area is 171 Å². The fourth-order valence-corrected chi connectivity index (χ4v) is 4.33. The molecular formula is C21H25N3O4S. The quantitative estimate of drug-likeness (QED) is 0.722. The zero-order chi connectivity index (χ0) is 20.9. The first-order chi connectivity index (χ1) is 13.9. The molecule has 1 aliphatic rings. The molecule has 7 nitrogen and oxygen atoms in total. The zero-order valence-corrected chi connectivity index (χ0v) is 17.2. The van der Waals surface area contributed by atoms with Crippen molar-refractivity contribution in [2.75, 3.05) is 27.2 Å². The molecule has 1 saturated heterocycles. The summed E-state index contributed by atoms with van der Waals surface area (Å²) in [5.74, 6) is -0.103. The lowest BCUT2D eigenvalue weighted by Crippen LogP contribution is -2.35. The Morgan fingerprint density at radius 3 is 2.28 bits per heavy atom. The molecule has 1 aliphatic heterocycles. The first-order valence-corrected chi connectivity index (χ1v) is 11.4. The highest BCUT2D eigenvalue weighted by Gasteiger charge is 2.19. The largest absolute Gasteiger partial charge is 0.322 e. The lowest BCUT2D eigenvalue weighted by Gasteiger charge is -2.26. The molecule has 0 bridgehead atoms. The number of hydrogen-bond acceptors (Lipinski definition) is 4. The number of sulfonamides is 1. The molecule has 2 N–H and O–H groups in total. The van der Waals surface area contributed by atoms with Crippen LogP contribution in [0.1, 0.15) is 43.0 Å². The minimum atomic E-state index is -3.35. The number of benzene rings is 2. The third-order valence-electron chi connectivity index (χ3n) is 4.65. The minimum absolute atomic E-state index is 0.0600. The van der Waals surface area contributed by atoms with Gasteiger partial charge >= 0.3 is 0 Å². The molecule has 2 aromatic carbocycles. The monoisotopic (exact) mass is 415 g/mol.